The van der Waals surface area contributed by atoms with Gasteiger partial charge in [0, 0.05) is 25.7 Å². The lowest BCUT2D eigenvalue weighted by molar-refractivity contribution is -0.161. The first kappa shape index (κ1) is 100. The van der Waals surface area contributed by atoms with Crippen molar-refractivity contribution < 1.29 is 80.2 Å². The third kappa shape index (κ3) is 76.3. The first-order chi connectivity index (χ1) is 49.2. The van der Waals surface area contributed by atoms with Crippen LogP contribution in [0.25, 0.3) is 0 Å². The van der Waals surface area contributed by atoms with E-state index in [2.05, 4.69) is 48.5 Å². The highest BCUT2D eigenvalue weighted by molar-refractivity contribution is 7.47. The van der Waals surface area contributed by atoms with Crippen molar-refractivity contribution in [2.45, 2.75) is 452 Å². The number of hydrogen-bond acceptors (Lipinski definition) is 15. The Bertz CT molecular complexity index is 1970. The van der Waals surface area contributed by atoms with Crippen LogP contribution in [0.4, 0.5) is 0 Å². The van der Waals surface area contributed by atoms with Crippen LogP contribution in [0.15, 0.2) is 0 Å². The number of phosphoric ester groups is 2. The standard InChI is InChI=1S/C83H162O17P2/c1-8-9-10-11-12-13-14-15-23-28-38-45-52-59-66-82(87)100-79(71-94-81(86)65-58-51-44-37-32-31-35-42-49-56-63-76(6)7)73-98-102(91,92)96-69-77(84)68-95-101(89,90)97-72-78(70-93-80(85)64-57-50-43-36-30-25-27-34-41-48-55-62-75(4)5)99-83(88)67-60-53-46-39-29-24-21-19-17-16-18-20-22-26-33-40-47-54-61-74(2)3/h74-79,84H,8-73H2,1-7H3,(H,89,90)(H,91,92)/t77-,78-,79-/m1/s1. The summed E-state index contributed by atoms with van der Waals surface area (Å²) in [5, 5.41) is 10.7. The fraction of sp³-hybridized carbons (Fsp3) is 0.952. The minimum atomic E-state index is -4.96. The van der Waals surface area contributed by atoms with E-state index >= 15 is 0 Å². The first-order valence-electron chi connectivity index (χ1n) is 42.8. The topological polar surface area (TPSA) is 237 Å². The van der Waals surface area contributed by atoms with Gasteiger partial charge in [0.1, 0.15) is 19.3 Å². The van der Waals surface area contributed by atoms with Crippen LogP contribution in [0.2, 0.25) is 0 Å². The lowest BCUT2D eigenvalue weighted by Crippen LogP contribution is -2.30. The molecule has 0 aromatic heterocycles. The monoisotopic (exact) mass is 1490 g/mol. The average Bonchev–Trinajstić information content (AvgIpc) is 0.928. The van der Waals surface area contributed by atoms with Crippen LogP contribution in [0.1, 0.15) is 434 Å². The summed E-state index contributed by atoms with van der Waals surface area (Å²) in [7, 11) is -9.92. The Morgan fingerprint density at radius 1 is 0.265 bits per heavy atom. The quantitative estimate of drug-likeness (QED) is 0.0222. The molecule has 0 saturated heterocycles. The summed E-state index contributed by atoms with van der Waals surface area (Å²) in [6.07, 6.45) is 62.4. The molecule has 0 aliphatic rings. The molecule has 606 valence electrons. The minimum absolute atomic E-state index is 0.108. The van der Waals surface area contributed by atoms with Crippen LogP contribution in [0.5, 0.6) is 0 Å². The van der Waals surface area contributed by atoms with Crippen LogP contribution in [-0.2, 0) is 65.4 Å². The molecule has 0 heterocycles. The first-order valence-corrected chi connectivity index (χ1v) is 45.8. The molecule has 17 nitrogen and oxygen atoms in total. The Morgan fingerprint density at radius 2 is 0.451 bits per heavy atom. The summed E-state index contributed by atoms with van der Waals surface area (Å²) in [5.74, 6) is 0.243. The maximum Gasteiger partial charge on any atom is 0.472 e. The molecule has 0 aliphatic carbocycles. The molecular formula is C83H162O17P2. The smallest absolute Gasteiger partial charge is 0.462 e. The predicted octanol–water partition coefficient (Wildman–Crippen LogP) is 24.9. The van der Waals surface area contributed by atoms with E-state index in [0.29, 0.717) is 25.7 Å². The zero-order valence-corrected chi connectivity index (χ0v) is 68.9. The van der Waals surface area contributed by atoms with Crippen LogP contribution in [-0.4, -0.2) is 96.7 Å². The lowest BCUT2D eigenvalue weighted by Gasteiger charge is -2.21. The number of hydrogen-bond donors (Lipinski definition) is 3. The fourth-order valence-corrected chi connectivity index (χ4v) is 14.4. The highest BCUT2D eigenvalue weighted by atomic mass is 31.2. The van der Waals surface area contributed by atoms with Crippen molar-refractivity contribution in [3.8, 4) is 0 Å². The van der Waals surface area contributed by atoms with E-state index in [1.165, 1.54) is 244 Å². The Morgan fingerprint density at radius 3 is 0.667 bits per heavy atom. The molecule has 2 unspecified atom stereocenters. The van der Waals surface area contributed by atoms with Crippen LogP contribution in [0, 0.1) is 17.8 Å². The molecule has 102 heavy (non-hydrogen) atoms. The lowest BCUT2D eigenvalue weighted by atomic mass is 10.0. The van der Waals surface area contributed by atoms with Crippen LogP contribution >= 0.6 is 15.6 Å². The second-order valence-electron chi connectivity index (χ2n) is 31.3. The summed E-state index contributed by atoms with van der Waals surface area (Å²) in [4.78, 5) is 73.1. The van der Waals surface area contributed by atoms with Gasteiger partial charge in [0.2, 0.25) is 0 Å². The van der Waals surface area contributed by atoms with Gasteiger partial charge in [-0.15, -0.1) is 0 Å². The van der Waals surface area contributed by atoms with E-state index in [-0.39, 0.29) is 25.7 Å². The summed E-state index contributed by atoms with van der Waals surface area (Å²) < 4.78 is 68.8. The predicted molar refractivity (Wildman–Crippen MR) is 418 cm³/mol. The molecule has 0 bridgehead atoms. The van der Waals surface area contributed by atoms with E-state index in [1.54, 1.807) is 0 Å². The van der Waals surface area contributed by atoms with Crippen molar-refractivity contribution in [1.82, 2.24) is 0 Å². The third-order valence-corrected chi connectivity index (χ3v) is 21.3. The Hall–Kier alpha value is -1.94. The third-order valence-electron chi connectivity index (χ3n) is 19.4. The summed E-state index contributed by atoms with van der Waals surface area (Å²) in [6.45, 7) is 12.0. The summed E-state index contributed by atoms with van der Waals surface area (Å²) in [5.41, 5.74) is 0. The van der Waals surface area contributed by atoms with Gasteiger partial charge in [0.05, 0.1) is 26.4 Å². The van der Waals surface area contributed by atoms with E-state index in [1.807, 2.05) is 0 Å². The molecule has 0 aromatic carbocycles. The van der Waals surface area contributed by atoms with Crippen molar-refractivity contribution in [3.05, 3.63) is 0 Å². The van der Waals surface area contributed by atoms with Gasteiger partial charge in [-0.25, -0.2) is 9.13 Å². The second kappa shape index (κ2) is 73.2. The summed E-state index contributed by atoms with van der Waals surface area (Å²) in [6, 6.07) is 0. The molecule has 0 aromatic rings. The maximum absolute atomic E-state index is 13.1. The van der Waals surface area contributed by atoms with Gasteiger partial charge in [-0.1, -0.05) is 382 Å². The van der Waals surface area contributed by atoms with Gasteiger partial charge in [0.25, 0.3) is 0 Å². The largest absolute Gasteiger partial charge is 0.472 e. The molecule has 3 N–H and O–H groups in total. The van der Waals surface area contributed by atoms with Gasteiger partial charge >= 0.3 is 39.5 Å². The Balaban J connectivity index is 5.24. The molecular weight excluding hydrogens is 1330 g/mol. The number of ether oxygens (including phenoxy) is 4. The number of phosphoric acid groups is 2. The highest BCUT2D eigenvalue weighted by Gasteiger charge is 2.30. The van der Waals surface area contributed by atoms with Gasteiger partial charge in [-0.2, -0.15) is 0 Å². The van der Waals surface area contributed by atoms with Gasteiger partial charge < -0.3 is 33.8 Å². The van der Waals surface area contributed by atoms with Crippen LogP contribution < -0.4 is 0 Å². The van der Waals surface area contributed by atoms with Gasteiger partial charge in [0.15, 0.2) is 12.2 Å². The molecule has 5 atom stereocenters. The number of unbranched alkanes of at least 4 members (excludes halogenated alkanes) is 49. The zero-order valence-electron chi connectivity index (χ0n) is 67.1. The number of carbonyl (C=O) groups excluding carboxylic acids is 4. The van der Waals surface area contributed by atoms with Gasteiger partial charge in [-0.3, -0.25) is 37.3 Å². The summed E-state index contributed by atoms with van der Waals surface area (Å²) >= 11 is 0. The van der Waals surface area contributed by atoms with Gasteiger partial charge in [-0.05, 0) is 43.4 Å². The molecule has 0 amide bonds. The van der Waals surface area contributed by atoms with Crippen molar-refractivity contribution >= 4 is 39.5 Å². The number of esters is 4. The SMILES string of the molecule is CCCCCCCCCCCCCCCCC(=O)O[C@H](COC(=O)CCCCCCCCCCCCC(C)C)COP(=O)(O)OC[C@H](O)COP(=O)(O)OC[C@@H](COC(=O)CCCCCCCCCCCCCC(C)C)OC(=O)CCCCCCCCCCCCCCCCCCCCC(C)C. The number of aliphatic hydroxyl groups is 1. The number of carbonyl (C=O) groups is 4. The maximum atomic E-state index is 13.1. The molecule has 19 heteroatoms. The molecule has 0 fully saturated rings. The highest BCUT2D eigenvalue weighted by Crippen LogP contribution is 2.45. The van der Waals surface area contributed by atoms with Crippen molar-refractivity contribution in [2.75, 3.05) is 39.6 Å². The van der Waals surface area contributed by atoms with Crippen molar-refractivity contribution in [1.29, 1.82) is 0 Å². The Kier molecular flexibility index (Phi) is 71.8. The molecule has 0 radical (unpaired) electrons. The molecule has 0 aliphatic heterocycles. The van der Waals surface area contributed by atoms with Crippen molar-refractivity contribution in [2.24, 2.45) is 17.8 Å². The van der Waals surface area contributed by atoms with Crippen molar-refractivity contribution in [3.63, 3.8) is 0 Å². The molecule has 0 rings (SSSR count). The van der Waals surface area contributed by atoms with E-state index < -0.39 is 97.5 Å². The van der Waals surface area contributed by atoms with E-state index in [0.717, 1.165) is 108 Å². The zero-order chi connectivity index (χ0) is 75.1. The Labute approximate surface area is 626 Å². The minimum Gasteiger partial charge on any atom is -0.462 e. The normalized spacial score (nSPS) is 13.9. The molecule has 0 spiro atoms. The van der Waals surface area contributed by atoms with E-state index in [4.69, 9.17) is 37.0 Å². The van der Waals surface area contributed by atoms with Crippen LogP contribution in [0.3, 0.4) is 0 Å². The number of rotatable bonds is 81. The second-order valence-corrected chi connectivity index (χ2v) is 34.2. The molecule has 0 saturated carbocycles. The fourth-order valence-electron chi connectivity index (χ4n) is 12.8. The number of aliphatic hydroxyl groups excluding tert-OH is 1. The van der Waals surface area contributed by atoms with E-state index in [9.17, 15) is 43.2 Å². The average molecular weight is 1490 g/mol.